The quantitative estimate of drug-likeness (QED) is 0.779. The molecular formula is C8H3BrF3O2-. The number of hydrogen-bond acceptors (Lipinski definition) is 2. The fourth-order valence-electron chi connectivity index (χ4n) is 0.869. The van der Waals surface area contributed by atoms with Crippen LogP contribution < -0.4 is 5.11 Å². The van der Waals surface area contributed by atoms with E-state index < -0.39 is 23.3 Å². The molecule has 0 aromatic heterocycles. The standard InChI is InChI=1S/C8H4BrF3O2/c9-6-2-1-4(7(13)14)3-5(6)8(10,11)12/h1-3H,(H,13,14)/p-1. The summed E-state index contributed by atoms with van der Waals surface area (Å²) in [5.74, 6) is -1.64. The van der Waals surface area contributed by atoms with Gasteiger partial charge in [-0.2, -0.15) is 13.2 Å². The molecule has 1 aromatic carbocycles. The first kappa shape index (κ1) is 11.0. The van der Waals surface area contributed by atoms with Gasteiger partial charge in [-0.1, -0.05) is 22.0 Å². The number of aromatic carboxylic acids is 1. The number of carbonyl (C=O) groups is 1. The zero-order chi connectivity index (χ0) is 10.9. The van der Waals surface area contributed by atoms with E-state index in [2.05, 4.69) is 15.9 Å². The van der Waals surface area contributed by atoms with Gasteiger partial charge < -0.3 is 9.90 Å². The van der Waals surface area contributed by atoms with E-state index in [9.17, 15) is 23.1 Å². The van der Waals surface area contributed by atoms with Crippen LogP contribution >= 0.6 is 15.9 Å². The summed E-state index contributed by atoms with van der Waals surface area (Å²) in [6.45, 7) is 0. The molecule has 0 aliphatic heterocycles. The summed E-state index contributed by atoms with van der Waals surface area (Å²) in [4.78, 5) is 10.3. The van der Waals surface area contributed by atoms with E-state index in [1.165, 1.54) is 0 Å². The number of carbonyl (C=O) groups excluding carboxylic acids is 1. The Labute approximate surface area is 85.5 Å². The monoisotopic (exact) mass is 267 g/mol. The molecule has 0 heterocycles. The molecule has 76 valence electrons. The number of hydrogen-bond donors (Lipinski definition) is 0. The highest BCUT2D eigenvalue weighted by atomic mass is 79.9. The first-order valence-electron chi connectivity index (χ1n) is 3.40. The third-order valence-corrected chi connectivity index (χ3v) is 2.20. The summed E-state index contributed by atoms with van der Waals surface area (Å²) in [5.41, 5.74) is -1.53. The van der Waals surface area contributed by atoms with Crippen LogP contribution in [0.3, 0.4) is 0 Å². The average molecular weight is 268 g/mol. The molecule has 1 rings (SSSR count). The highest BCUT2D eigenvalue weighted by Crippen LogP contribution is 2.35. The molecule has 0 unspecified atom stereocenters. The normalized spacial score (nSPS) is 11.4. The van der Waals surface area contributed by atoms with Crippen molar-refractivity contribution < 1.29 is 23.1 Å². The maximum absolute atomic E-state index is 12.2. The Balaban J connectivity index is 3.29. The van der Waals surface area contributed by atoms with Crippen molar-refractivity contribution in [3.8, 4) is 0 Å². The van der Waals surface area contributed by atoms with Crippen molar-refractivity contribution in [3.63, 3.8) is 0 Å². The van der Waals surface area contributed by atoms with Crippen molar-refractivity contribution in [3.05, 3.63) is 33.8 Å². The molecule has 1 aromatic rings. The number of halogens is 4. The second-order valence-electron chi connectivity index (χ2n) is 2.48. The van der Waals surface area contributed by atoms with Crippen LogP contribution in [0, 0.1) is 0 Å². The molecule has 0 aliphatic rings. The van der Waals surface area contributed by atoms with Gasteiger partial charge in [-0.05, 0) is 17.7 Å². The largest absolute Gasteiger partial charge is 0.545 e. The molecule has 0 fully saturated rings. The molecule has 0 saturated carbocycles. The first-order valence-corrected chi connectivity index (χ1v) is 4.20. The molecule has 14 heavy (non-hydrogen) atoms. The SMILES string of the molecule is O=C([O-])c1ccc(Br)c(C(F)(F)F)c1. The third kappa shape index (κ3) is 2.25. The van der Waals surface area contributed by atoms with Gasteiger partial charge in [0.2, 0.25) is 0 Å². The van der Waals surface area contributed by atoms with Gasteiger partial charge in [0.25, 0.3) is 0 Å². The van der Waals surface area contributed by atoms with Gasteiger partial charge in [0.1, 0.15) is 0 Å². The topological polar surface area (TPSA) is 40.1 Å². The lowest BCUT2D eigenvalue weighted by Crippen LogP contribution is -2.23. The Morgan fingerprint density at radius 3 is 2.36 bits per heavy atom. The summed E-state index contributed by atoms with van der Waals surface area (Å²) in [6, 6.07) is 2.59. The van der Waals surface area contributed by atoms with Gasteiger partial charge in [0.15, 0.2) is 0 Å². The molecule has 0 saturated heterocycles. The Morgan fingerprint density at radius 1 is 1.36 bits per heavy atom. The molecule has 0 aliphatic carbocycles. The second-order valence-corrected chi connectivity index (χ2v) is 3.33. The maximum Gasteiger partial charge on any atom is 0.417 e. The minimum absolute atomic E-state index is 0.199. The number of alkyl halides is 3. The highest BCUT2D eigenvalue weighted by Gasteiger charge is 2.33. The predicted molar refractivity (Wildman–Crippen MR) is 43.5 cm³/mol. The van der Waals surface area contributed by atoms with Crippen LogP contribution in [0.2, 0.25) is 0 Å². The molecule has 0 radical (unpaired) electrons. The van der Waals surface area contributed by atoms with Crippen molar-refractivity contribution in [1.82, 2.24) is 0 Å². The third-order valence-electron chi connectivity index (χ3n) is 1.51. The number of carboxylic acids is 1. The van der Waals surface area contributed by atoms with Crippen LogP contribution in [-0.4, -0.2) is 5.97 Å². The minimum Gasteiger partial charge on any atom is -0.545 e. The van der Waals surface area contributed by atoms with E-state index >= 15 is 0 Å². The predicted octanol–water partition coefficient (Wildman–Crippen LogP) is 1.83. The highest BCUT2D eigenvalue weighted by molar-refractivity contribution is 9.10. The van der Waals surface area contributed by atoms with E-state index in [4.69, 9.17) is 0 Å². The molecular weight excluding hydrogens is 265 g/mol. The zero-order valence-corrected chi connectivity index (χ0v) is 8.15. The van der Waals surface area contributed by atoms with Gasteiger partial charge in [0.05, 0.1) is 11.5 Å². The van der Waals surface area contributed by atoms with Crippen LogP contribution in [0.15, 0.2) is 22.7 Å². The number of benzene rings is 1. The van der Waals surface area contributed by atoms with E-state index in [1.807, 2.05) is 0 Å². The van der Waals surface area contributed by atoms with Crippen LogP contribution in [-0.2, 0) is 6.18 Å². The van der Waals surface area contributed by atoms with E-state index in [0.29, 0.717) is 6.07 Å². The van der Waals surface area contributed by atoms with Crippen molar-refractivity contribution in [1.29, 1.82) is 0 Å². The lowest BCUT2D eigenvalue weighted by molar-refractivity contribution is -0.255. The van der Waals surface area contributed by atoms with E-state index in [-0.39, 0.29) is 4.47 Å². The summed E-state index contributed by atoms with van der Waals surface area (Å²) >= 11 is 2.68. The van der Waals surface area contributed by atoms with Gasteiger partial charge in [0, 0.05) is 4.47 Å². The molecule has 2 nitrogen and oxygen atoms in total. The smallest absolute Gasteiger partial charge is 0.417 e. The minimum atomic E-state index is -4.58. The summed E-state index contributed by atoms with van der Waals surface area (Å²) in [7, 11) is 0. The van der Waals surface area contributed by atoms with Gasteiger partial charge >= 0.3 is 6.18 Å². The molecule has 0 amide bonds. The van der Waals surface area contributed by atoms with Crippen molar-refractivity contribution >= 4 is 21.9 Å². The Morgan fingerprint density at radius 2 is 1.93 bits per heavy atom. The average Bonchev–Trinajstić information content (AvgIpc) is 2.02. The fraction of sp³-hybridized carbons (Fsp3) is 0.125. The molecule has 0 atom stereocenters. The van der Waals surface area contributed by atoms with Crippen LogP contribution in [0.1, 0.15) is 15.9 Å². The molecule has 0 N–H and O–H groups in total. The maximum atomic E-state index is 12.2. The van der Waals surface area contributed by atoms with E-state index in [1.54, 1.807) is 0 Å². The molecule has 0 spiro atoms. The van der Waals surface area contributed by atoms with Crippen molar-refractivity contribution in [2.45, 2.75) is 6.18 Å². The zero-order valence-electron chi connectivity index (χ0n) is 6.56. The Bertz CT molecular complexity index is 373. The van der Waals surface area contributed by atoms with Crippen LogP contribution in [0.4, 0.5) is 13.2 Å². The molecule has 0 bridgehead atoms. The van der Waals surface area contributed by atoms with Crippen molar-refractivity contribution in [2.24, 2.45) is 0 Å². The van der Waals surface area contributed by atoms with E-state index in [0.717, 1.165) is 12.1 Å². The lowest BCUT2D eigenvalue weighted by atomic mass is 10.1. The second kappa shape index (κ2) is 3.61. The van der Waals surface area contributed by atoms with Gasteiger partial charge in [-0.25, -0.2) is 0 Å². The number of carboxylic acid groups (broad SMARTS) is 1. The first-order chi connectivity index (χ1) is 6.32. The molecule has 6 heteroatoms. The summed E-state index contributed by atoms with van der Waals surface area (Å²) in [5, 5.41) is 10.3. The summed E-state index contributed by atoms with van der Waals surface area (Å²) in [6.07, 6.45) is -4.58. The Kier molecular flexibility index (Phi) is 2.84. The fourth-order valence-corrected chi connectivity index (χ4v) is 1.34. The lowest BCUT2D eigenvalue weighted by Gasteiger charge is -2.11. The van der Waals surface area contributed by atoms with Crippen molar-refractivity contribution in [2.75, 3.05) is 0 Å². The van der Waals surface area contributed by atoms with Crippen LogP contribution in [0.5, 0.6) is 0 Å². The van der Waals surface area contributed by atoms with Gasteiger partial charge in [-0.15, -0.1) is 0 Å². The number of rotatable bonds is 1. The van der Waals surface area contributed by atoms with Crippen LogP contribution in [0.25, 0.3) is 0 Å². The summed E-state index contributed by atoms with van der Waals surface area (Å²) < 4.78 is 36.5. The van der Waals surface area contributed by atoms with Gasteiger partial charge in [-0.3, -0.25) is 0 Å². The Hall–Kier alpha value is -1.04.